The van der Waals surface area contributed by atoms with Gasteiger partial charge in [-0.05, 0) is 61.4 Å². The number of rotatable bonds is 5. The van der Waals surface area contributed by atoms with Crippen LogP contribution in [-0.2, 0) is 17.3 Å². The molecule has 2 heterocycles. The van der Waals surface area contributed by atoms with E-state index < -0.39 is 5.41 Å². The van der Waals surface area contributed by atoms with E-state index in [1.807, 2.05) is 59.1 Å². The molecule has 0 radical (unpaired) electrons. The summed E-state index contributed by atoms with van der Waals surface area (Å²) in [5, 5.41) is 3.84. The molecule has 2 amide bonds. The van der Waals surface area contributed by atoms with Crippen molar-refractivity contribution in [3.05, 3.63) is 58.9 Å². The number of hydrogen-bond acceptors (Lipinski definition) is 2. The Labute approximate surface area is 170 Å². The number of benzene rings is 1. The Bertz CT molecular complexity index is 870. The summed E-state index contributed by atoms with van der Waals surface area (Å²) < 4.78 is 1.86. The Balaban J connectivity index is 1.34. The first-order valence-electron chi connectivity index (χ1n) is 9.94. The first kappa shape index (κ1) is 19.1. The van der Waals surface area contributed by atoms with Crippen molar-refractivity contribution in [3.8, 4) is 0 Å². The number of piperidine rings is 1. The molecule has 1 saturated heterocycles. The van der Waals surface area contributed by atoms with Gasteiger partial charge in [0.1, 0.15) is 5.69 Å². The van der Waals surface area contributed by atoms with E-state index in [1.165, 1.54) is 0 Å². The van der Waals surface area contributed by atoms with Crippen LogP contribution in [0.5, 0.6) is 0 Å². The van der Waals surface area contributed by atoms with Gasteiger partial charge in [-0.25, -0.2) is 0 Å². The molecule has 1 aliphatic heterocycles. The van der Waals surface area contributed by atoms with Crippen molar-refractivity contribution in [1.29, 1.82) is 0 Å². The normalized spacial score (nSPS) is 20.6. The Kier molecular flexibility index (Phi) is 5.19. The van der Waals surface area contributed by atoms with Gasteiger partial charge in [0.15, 0.2) is 0 Å². The maximum absolute atomic E-state index is 12.9. The average molecular weight is 400 g/mol. The number of hydrogen-bond donors (Lipinski definition) is 1. The summed E-state index contributed by atoms with van der Waals surface area (Å²) in [6, 6.07) is 11.3. The van der Waals surface area contributed by atoms with Gasteiger partial charge in [-0.2, -0.15) is 0 Å². The van der Waals surface area contributed by atoms with E-state index in [4.69, 9.17) is 11.6 Å². The molecule has 2 fully saturated rings. The van der Waals surface area contributed by atoms with Gasteiger partial charge in [-0.1, -0.05) is 23.7 Å². The van der Waals surface area contributed by atoms with E-state index in [9.17, 15) is 9.59 Å². The molecule has 0 spiro atoms. The maximum Gasteiger partial charge on any atom is 0.270 e. The molecule has 1 saturated carbocycles. The first-order valence-corrected chi connectivity index (χ1v) is 10.3. The third kappa shape index (κ3) is 3.68. The molecule has 2 aromatic rings. The molecule has 148 valence electrons. The number of halogens is 1. The van der Waals surface area contributed by atoms with Crippen LogP contribution < -0.4 is 5.32 Å². The highest BCUT2D eigenvalue weighted by molar-refractivity contribution is 6.30. The molecule has 5 nitrogen and oxygen atoms in total. The summed E-state index contributed by atoms with van der Waals surface area (Å²) in [6.45, 7) is 2.09. The molecule has 4 rings (SSSR count). The highest BCUT2D eigenvalue weighted by Gasteiger charge is 2.51. The average Bonchev–Trinajstić information content (AvgIpc) is 3.41. The van der Waals surface area contributed by atoms with Crippen molar-refractivity contribution in [2.45, 2.75) is 31.1 Å². The van der Waals surface area contributed by atoms with Crippen molar-refractivity contribution in [3.63, 3.8) is 0 Å². The van der Waals surface area contributed by atoms with Crippen molar-refractivity contribution in [2.75, 3.05) is 19.6 Å². The highest BCUT2D eigenvalue weighted by Crippen LogP contribution is 2.48. The van der Waals surface area contributed by atoms with Crippen molar-refractivity contribution >= 4 is 23.4 Å². The van der Waals surface area contributed by atoms with E-state index >= 15 is 0 Å². The summed E-state index contributed by atoms with van der Waals surface area (Å²) in [4.78, 5) is 27.5. The molecule has 2 aliphatic rings. The van der Waals surface area contributed by atoms with Crippen LogP contribution in [0, 0.1) is 5.92 Å². The van der Waals surface area contributed by atoms with Crippen LogP contribution in [0.15, 0.2) is 42.6 Å². The fourth-order valence-electron chi connectivity index (χ4n) is 4.21. The largest absolute Gasteiger partial charge is 0.355 e. The van der Waals surface area contributed by atoms with E-state index in [-0.39, 0.29) is 11.8 Å². The topological polar surface area (TPSA) is 54.3 Å². The lowest BCUT2D eigenvalue weighted by Crippen LogP contribution is -2.45. The highest BCUT2D eigenvalue weighted by atomic mass is 35.5. The molecular weight excluding hydrogens is 374 g/mol. The number of carbonyl (C=O) groups excluding carboxylic acids is 2. The molecule has 1 aliphatic carbocycles. The second-order valence-electron chi connectivity index (χ2n) is 8.06. The van der Waals surface area contributed by atoms with Crippen LogP contribution in [0.25, 0.3) is 0 Å². The summed E-state index contributed by atoms with van der Waals surface area (Å²) in [7, 11) is 1.89. The number of nitrogens with zero attached hydrogens (tertiary/aromatic N) is 2. The fraction of sp³-hybridized carbons (Fsp3) is 0.455. The van der Waals surface area contributed by atoms with Gasteiger partial charge < -0.3 is 14.8 Å². The SMILES string of the molecule is Cn1cccc1C(=O)N1CCCC(CNC(=O)C2(c3ccc(Cl)cc3)CC2)C1. The van der Waals surface area contributed by atoms with Gasteiger partial charge in [0.2, 0.25) is 5.91 Å². The van der Waals surface area contributed by atoms with Gasteiger partial charge in [0.25, 0.3) is 5.91 Å². The molecule has 6 heteroatoms. The minimum atomic E-state index is -0.391. The number of likely N-dealkylation sites (tertiary alicyclic amines) is 1. The Hall–Kier alpha value is -2.27. The minimum absolute atomic E-state index is 0.0725. The number of aryl methyl sites for hydroxylation is 1. The number of aromatic nitrogens is 1. The minimum Gasteiger partial charge on any atom is -0.355 e. The van der Waals surface area contributed by atoms with Gasteiger partial charge in [0, 0.05) is 37.9 Å². The second kappa shape index (κ2) is 7.63. The van der Waals surface area contributed by atoms with Gasteiger partial charge in [0.05, 0.1) is 5.41 Å². The predicted octanol–water partition coefficient (Wildman–Crippen LogP) is 3.38. The summed E-state index contributed by atoms with van der Waals surface area (Å²) in [6.07, 6.45) is 5.65. The maximum atomic E-state index is 12.9. The molecule has 1 aromatic carbocycles. The van der Waals surface area contributed by atoms with Crippen LogP contribution in [0.4, 0.5) is 0 Å². The predicted molar refractivity (Wildman–Crippen MR) is 109 cm³/mol. The Morgan fingerprint density at radius 2 is 1.96 bits per heavy atom. The van der Waals surface area contributed by atoms with E-state index in [0.29, 0.717) is 29.7 Å². The smallest absolute Gasteiger partial charge is 0.270 e. The molecule has 0 bridgehead atoms. The van der Waals surface area contributed by atoms with Crippen LogP contribution in [0.1, 0.15) is 41.7 Å². The molecule has 1 N–H and O–H groups in total. The number of nitrogens with one attached hydrogen (secondary N) is 1. The zero-order valence-corrected chi connectivity index (χ0v) is 16.9. The van der Waals surface area contributed by atoms with E-state index in [2.05, 4.69) is 5.32 Å². The third-order valence-corrected chi connectivity index (χ3v) is 6.35. The summed E-state index contributed by atoms with van der Waals surface area (Å²) in [5.74, 6) is 0.465. The summed E-state index contributed by atoms with van der Waals surface area (Å²) >= 11 is 5.98. The molecule has 1 atom stereocenters. The third-order valence-electron chi connectivity index (χ3n) is 6.10. The lowest BCUT2D eigenvalue weighted by Gasteiger charge is -2.33. The molecule has 28 heavy (non-hydrogen) atoms. The zero-order valence-electron chi connectivity index (χ0n) is 16.2. The van der Waals surface area contributed by atoms with Gasteiger partial charge in [-0.15, -0.1) is 0 Å². The quantitative estimate of drug-likeness (QED) is 0.837. The lowest BCUT2D eigenvalue weighted by molar-refractivity contribution is -0.123. The van der Waals surface area contributed by atoms with Gasteiger partial charge >= 0.3 is 0 Å². The van der Waals surface area contributed by atoms with Crippen LogP contribution in [0.2, 0.25) is 5.02 Å². The standard InChI is InChI=1S/C22H26ClN3O2/c1-25-12-3-5-19(25)20(27)26-13-2-4-16(15-26)14-24-21(28)22(10-11-22)17-6-8-18(23)9-7-17/h3,5-9,12,16H,2,4,10-11,13-15H2,1H3,(H,24,28). The van der Waals surface area contributed by atoms with Crippen molar-refractivity contribution < 1.29 is 9.59 Å². The van der Waals surface area contributed by atoms with E-state index in [1.54, 1.807) is 0 Å². The first-order chi connectivity index (χ1) is 13.5. The van der Waals surface area contributed by atoms with Gasteiger partial charge in [-0.3, -0.25) is 9.59 Å². The fourth-order valence-corrected chi connectivity index (χ4v) is 4.33. The molecular formula is C22H26ClN3O2. The molecule has 1 aromatic heterocycles. The number of amides is 2. The number of carbonyl (C=O) groups is 2. The monoisotopic (exact) mass is 399 g/mol. The van der Waals surface area contributed by atoms with Crippen molar-refractivity contribution in [2.24, 2.45) is 13.0 Å². The lowest BCUT2D eigenvalue weighted by atomic mass is 9.93. The molecule has 1 unspecified atom stereocenters. The Morgan fingerprint density at radius 1 is 1.21 bits per heavy atom. The van der Waals surface area contributed by atoms with Crippen molar-refractivity contribution in [1.82, 2.24) is 14.8 Å². The van der Waals surface area contributed by atoms with Crippen LogP contribution in [-0.4, -0.2) is 40.9 Å². The van der Waals surface area contributed by atoms with Crippen LogP contribution in [0.3, 0.4) is 0 Å². The summed E-state index contributed by atoms with van der Waals surface area (Å²) in [5.41, 5.74) is 1.36. The second-order valence-corrected chi connectivity index (χ2v) is 8.50. The zero-order chi connectivity index (χ0) is 19.7. The Morgan fingerprint density at radius 3 is 2.61 bits per heavy atom. The van der Waals surface area contributed by atoms with E-state index in [0.717, 1.165) is 37.8 Å². The van der Waals surface area contributed by atoms with Crippen LogP contribution >= 0.6 is 11.6 Å².